The molecule has 0 bridgehead atoms. The van der Waals surface area contributed by atoms with Gasteiger partial charge in [-0.05, 0) is 91.7 Å². The van der Waals surface area contributed by atoms with Gasteiger partial charge in [-0.2, -0.15) is 0 Å². The van der Waals surface area contributed by atoms with Crippen LogP contribution in [0.3, 0.4) is 0 Å². The summed E-state index contributed by atoms with van der Waals surface area (Å²) in [5.74, 6) is 0. The van der Waals surface area contributed by atoms with E-state index < -0.39 is 0 Å². The minimum Gasteiger partial charge on any atom is -0.309 e. The molecule has 0 atom stereocenters. The lowest BCUT2D eigenvalue weighted by Crippen LogP contribution is -2.02. The minimum absolute atomic E-state index is 0.923. The van der Waals surface area contributed by atoms with Crippen LogP contribution in [0.4, 0.5) is 0 Å². The highest BCUT2D eigenvalue weighted by Gasteiger charge is 2.20. The number of hydrogen-bond acceptors (Lipinski definition) is 1. The molecule has 7 aromatic carbocycles. The first-order valence-corrected chi connectivity index (χ1v) is 17.9. The molecule has 246 valence electrons. The topological polar surface area (TPSA) is 22.8 Å². The molecule has 0 fully saturated rings. The van der Waals surface area contributed by atoms with Crippen molar-refractivity contribution in [2.45, 2.75) is 13.8 Å². The molecular weight excluding hydrogens is 631 g/mol. The van der Waals surface area contributed by atoms with Crippen molar-refractivity contribution in [3.8, 4) is 45.0 Å². The van der Waals surface area contributed by atoms with Gasteiger partial charge in [-0.3, -0.25) is 0 Å². The molecule has 0 aliphatic rings. The van der Waals surface area contributed by atoms with Crippen LogP contribution in [0.25, 0.3) is 88.6 Å². The number of pyridine rings is 1. The minimum atomic E-state index is 0.923. The quantitative estimate of drug-likeness (QED) is 0.179. The first-order valence-electron chi connectivity index (χ1n) is 17.9. The summed E-state index contributed by atoms with van der Waals surface area (Å²) in [5, 5.41) is 5.00. The zero-order valence-electron chi connectivity index (χ0n) is 29.1. The number of nitrogens with zero attached hydrogens (tertiary/aromatic N) is 3. The van der Waals surface area contributed by atoms with Crippen LogP contribution in [0.5, 0.6) is 0 Å². The lowest BCUT2D eigenvalue weighted by atomic mass is 9.99. The average molecular weight is 666 g/mol. The Labute approximate surface area is 302 Å². The molecule has 0 saturated heterocycles. The van der Waals surface area contributed by atoms with Crippen molar-refractivity contribution in [2.75, 3.05) is 0 Å². The Balaban J connectivity index is 1.32. The van der Waals surface area contributed by atoms with Gasteiger partial charge in [0.25, 0.3) is 0 Å². The van der Waals surface area contributed by atoms with Crippen molar-refractivity contribution in [2.24, 2.45) is 0 Å². The number of hydrogen-bond donors (Lipinski definition) is 0. The molecule has 0 aliphatic heterocycles. The second-order valence-electron chi connectivity index (χ2n) is 13.8. The third-order valence-electron chi connectivity index (χ3n) is 10.4. The van der Waals surface area contributed by atoms with Crippen molar-refractivity contribution < 1.29 is 0 Å². The van der Waals surface area contributed by atoms with Gasteiger partial charge in [-0.15, -0.1) is 0 Å². The zero-order valence-corrected chi connectivity index (χ0v) is 29.1. The molecule has 0 unspecified atom stereocenters. The van der Waals surface area contributed by atoms with Crippen molar-refractivity contribution in [3.05, 3.63) is 187 Å². The van der Waals surface area contributed by atoms with Crippen LogP contribution in [0, 0.1) is 13.8 Å². The Morgan fingerprint density at radius 2 is 0.885 bits per heavy atom. The Kier molecular flexibility index (Phi) is 6.94. The second kappa shape index (κ2) is 12.0. The highest BCUT2D eigenvalue weighted by atomic mass is 15.0. The van der Waals surface area contributed by atoms with Crippen LogP contribution in [-0.2, 0) is 0 Å². The Bertz CT molecular complexity index is 2910. The fraction of sp³-hybridized carbons (Fsp3) is 0.0408. The molecule has 3 nitrogen and oxygen atoms in total. The van der Waals surface area contributed by atoms with Gasteiger partial charge in [0.2, 0.25) is 0 Å². The van der Waals surface area contributed by atoms with E-state index >= 15 is 0 Å². The smallest absolute Gasteiger partial charge is 0.0737 e. The molecule has 3 heteroatoms. The number of aryl methyl sites for hydroxylation is 2. The Morgan fingerprint density at radius 1 is 0.365 bits per heavy atom. The lowest BCUT2D eigenvalue weighted by molar-refractivity contribution is 1.14. The maximum atomic E-state index is 5.48. The second-order valence-corrected chi connectivity index (χ2v) is 13.8. The normalized spacial score (nSPS) is 11.7. The highest BCUT2D eigenvalue weighted by Crippen LogP contribution is 2.40. The van der Waals surface area contributed by atoms with E-state index in [1.165, 1.54) is 54.7 Å². The summed E-state index contributed by atoms with van der Waals surface area (Å²) in [6.07, 6.45) is 0. The molecule has 0 aliphatic carbocycles. The lowest BCUT2D eigenvalue weighted by Gasteiger charge is -2.18. The van der Waals surface area contributed by atoms with Crippen LogP contribution >= 0.6 is 0 Å². The van der Waals surface area contributed by atoms with E-state index in [4.69, 9.17) is 4.98 Å². The van der Waals surface area contributed by atoms with Gasteiger partial charge in [-0.1, -0.05) is 120 Å². The molecule has 0 N–H and O–H groups in total. The van der Waals surface area contributed by atoms with Crippen LogP contribution in [0.1, 0.15) is 11.1 Å². The summed E-state index contributed by atoms with van der Waals surface area (Å²) in [4.78, 5) is 5.48. The van der Waals surface area contributed by atoms with Gasteiger partial charge in [-0.25, -0.2) is 4.98 Å². The van der Waals surface area contributed by atoms with Crippen LogP contribution in [0.15, 0.2) is 176 Å². The fourth-order valence-electron chi connectivity index (χ4n) is 8.00. The maximum absolute atomic E-state index is 5.48. The van der Waals surface area contributed by atoms with Gasteiger partial charge in [0.15, 0.2) is 0 Å². The highest BCUT2D eigenvalue weighted by molar-refractivity contribution is 6.11. The third-order valence-corrected chi connectivity index (χ3v) is 10.4. The third kappa shape index (κ3) is 4.85. The number of para-hydroxylation sites is 2. The van der Waals surface area contributed by atoms with Crippen LogP contribution in [-0.4, -0.2) is 14.1 Å². The van der Waals surface area contributed by atoms with E-state index in [0.717, 1.165) is 45.0 Å². The summed E-state index contributed by atoms with van der Waals surface area (Å²) < 4.78 is 4.84. The van der Waals surface area contributed by atoms with Crippen LogP contribution in [0.2, 0.25) is 0 Å². The molecule has 0 spiro atoms. The number of benzene rings is 7. The molecule has 10 rings (SSSR count). The van der Waals surface area contributed by atoms with Crippen molar-refractivity contribution in [3.63, 3.8) is 0 Å². The summed E-state index contributed by atoms with van der Waals surface area (Å²) in [6, 6.07) is 63.6. The molecule has 0 radical (unpaired) electrons. The van der Waals surface area contributed by atoms with Crippen LogP contribution < -0.4 is 0 Å². The number of fused-ring (bicyclic) bond motifs is 6. The largest absolute Gasteiger partial charge is 0.309 e. The molecule has 3 aromatic heterocycles. The Hall–Kier alpha value is -6.71. The summed E-state index contributed by atoms with van der Waals surface area (Å²) in [6.45, 7) is 4.34. The van der Waals surface area contributed by atoms with E-state index in [0.29, 0.717) is 0 Å². The van der Waals surface area contributed by atoms with Crippen molar-refractivity contribution in [1.29, 1.82) is 0 Å². The molecule has 0 saturated carbocycles. The van der Waals surface area contributed by atoms with E-state index in [1.54, 1.807) is 0 Å². The maximum Gasteiger partial charge on any atom is 0.0737 e. The predicted octanol–water partition coefficient (Wildman–Crippen LogP) is 12.9. The van der Waals surface area contributed by atoms with Crippen molar-refractivity contribution in [1.82, 2.24) is 14.1 Å². The van der Waals surface area contributed by atoms with E-state index in [-0.39, 0.29) is 0 Å². The summed E-state index contributed by atoms with van der Waals surface area (Å²) in [7, 11) is 0. The van der Waals surface area contributed by atoms with Gasteiger partial charge >= 0.3 is 0 Å². The van der Waals surface area contributed by atoms with E-state index in [9.17, 15) is 0 Å². The summed E-state index contributed by atoms with van der Waals surface area (Å²) in [5.41, 5.74) is 15.7. The molecule has 0 amide bonds. The number of aromatic nitrogens is 3. The standard InChI is InChI=1S/C49H35N3/c1-32-21-24-47-40(27-32)38-17-9-11-19-45(38)51(47)37-23-26-49(52-46-20-12-10-18-39(46)41-28-33(2)22-25-48(41)52)42(31-37)44-30-36(34-13-5-3-6-14-34)29-43(50-44)35-15-7-4-8-16-35/h3-31H,1-2H3. The zero-order chi connectivity index (χ0) is 34.8. The molecular formula is C49H35N3. The SMILES string of the molecule is Cc1ccc2c(c1)c1ccccc1n2-c1ccc(-n2c3ccccc3c3cc(C)ccc32)c(-c2cc(-c3ccccc3)cc(-c3ccccc3)n2)c1. The van der Waals surface area contributed by atoms with Gasteiger partial charge in [0.05, 0.1) is 39.1 Å². The van der Waals surface area contributed by atoms with E-state index in [2.05, 4.69) is 199 Å². The van der Waals surface area contributed by atoms with E-state index in [1.807, 2.05) is 0 Å². The first kappa shape index (κ1) is 30.1. The van der Waals surface area contributed by atoms with Crippen molar-refractivity contribution >= 4 is 43.6 Å². The number of rotatable bonds is 5. The fourth-order valence-corrected chi connectivity index (χ4v) is 8.00. The van der Waals surface area contributed by atoms with Gasteiger partial charge in [0.1, 0.15) is 0 Å². The van der Waals surface area contributed by atoms with Gasteiger partial charge in [0, 0.05) is 38.4 Å². The summed E-state index contributed by atoms with van der Waals surface area (Å²) >= 11 is 0. The predicted molar refractivity (Wildman–Crippen MR) is 219 cm³/mol. The average Bonchev–Trinajstić information content (AvgIpc) is 3.70. The first-order chi connectivity index (χ1) is 25.6. The molecule has 10 aromatic rings. The Morgan fingerprint density at radius 3 is 1.54 bits per heavy atom. The van der Waals surface area contributed by atoms with Gasteiger partial charge < -0.3 is 9.13 Å². The molecule has 52 heavy (non-hydrogen) atoms. The monoisotopic (exact) mass is 665 g/mol. The molecule has 3 heterocycles.